The summed E-state index contributed by atoms with van der Waals surface area (Å²) in [5.41, 5.74) is 0.479. The van der Waals surface area contributed by atoms with Gasteiger partial charge in [-0.2, -0.15) is 0 Å². The van der Waals surface area contributed by atoms with Crippen molar-refractivity contribution in [3.8, 4) is 0 Å². The van der Waals surface area contributed by atoms with Crippen molar-refractivity contribution in [1.29, 1.82) is 0 Å². The molecule has 0 saturated carbocycles. The third-order valence-electron chi connectivity index (χ3n) is 4.14. The fourth-order valence-corrected chi connectivity index (χ4v) is 2.80. The molecule has 0 aromatic carbocycles. The lowest BCUT2D eigenvalue weighted by Crippen LogP contribution is -2.51. The Kier molecular flexibility index (Phi) is 4.45. The first kappa shape index (κ1) is 13.3. The van der Waals surface area contributed by atoms with E-state index in [4.69, 9.17) is 0 Å². The Balaban J connectivity index is 1.67. The summed E-state index contributed by atoms with van der Waals surface area (Å²) in [6, 6.07) is 0.819. The van der Waals surface area contributed by atoms with Gasteiger partial charge in [-0.05, 0) is 31.3 Å². The van der Waals surface area contributed by atoms with Gasteiger partial charge in [-0.25, -0.2) is 0 Å². The van der Waals surface area contributed by atoms with E-state index in [9.17, 15) is 0 Å². The van der Waals surface area contributed by atoms with Gasteiger partial charge in [-0.1, -0.05) is 20.8 Å². The van der Waals surface area contributed by atoms with E-state index >= 15 is 0 Å². The maximum Gasteiger partial charge on any atom is 0.0233 e. The van der Waals surface area contributed by atoms with E-state index in [2.05, 4.69) is 35.9 Å². The third-order valence-corrected chi connectivity index (χ3v) is 4.14. The van der Waals surface area contributed by atoms with Crippen LogP contribution in [0.5, 0.6) is 0 Å². The van der Waals surface area contributed by atoms with Gasteiger partial charge in [0, 0.05) is 38.8 Å². The van der Waals surface area contributed by atoms with E-state index in [1.807, 2.05) is 0 Å². The molecule has 2 aliphatic heterocycles. The summed E-state index contributed by atoms with van der Waals surface area (Å²) < 4.78 is 0. The summed E-state index contributed by atoms with van der Waals surface area (Å²) in [4.78, 5) is 5.33. The predicted molar refractivity (Wildman–Crippen MR) is 73.4 cm³/mol. The molecule has 0 aromatic heterocycles. The van der Waals surface area contributed by atoms with Crippen LogP contribution in [0.4, 0.5) is 0 Å². The summed E-state index contributed by atoms with van der Waals surface area (Å²) in [7, 11) is 0. The van der Waals surface area contributed by atoms with Crippen molar-refractivity contribution in [2.24, 2.45) is 5.41 Å². The van der Waals surface area contributed by atoms with Crippen molar-refractivity contribution >= 4 is 0 Å². The Morgan fingerprint density at radius 1 is 1.12 bits per heavy atom. The van der Waals surface area contributed by atoms with Gasteiger partial charge in [0.2, 0.25) is 0 Å². The monoisotopic (exact) mass is 239 g/mol. The number of hydrogen-bond donors (Lipinski definition) is 1. The highest BCUT2D eigenvalue weighted by atomic mass is 15.3. The highest BCUT2D eigenvalue weighted by Gasteiger charge is 2.26. The van der Waals surface area contributed by atoms with Crippen LogP contribution >= 0.6 is 0 Å². The predicted octanol–water partition coefficient (Wildman–Crippen LogP) is 1.40. The second kappa shape index (κ2) is 5.68. The van der Waals surface area contributed by atoms with Crippen LogP contribution in [0.2, 0.25) is 0 Å². The molecule has 3 nitrogen and oxygen atoms in total. The van der Waals surface area contributed by atoms with E-state index in [-0.39, 0.29) is 0 Å². The molecule has 0 radical (unpaired) electrons. The molecular weight excluding hydrogens is 210 g/mol. The van der Waals surface area contributed by atoms with Crippen LogP contribution in [0.1, 0.15) is 33.6 Å². The molecule has 2 heterocycles. The SMILES string of the molecule is CC(C)(C)CCN1CCN(C2CCNC2)CC1. The van der Waals surface area contributed by atoms with Gasteiger partial charge in [0.15, 0.2) is 0 Å². The smallest absolute Gasteiger partial charge is 0.0233 e. The van der Waals surface area contributed by atoms with Gasteiger partial charge in [0.05, 0.1) is 0 Å². The van der Waals surface area contributed by atoms with Crippen LogP contribution in [0.15, 0.2) is 0 Å². The molecule has 1 unspecified atom stereocenters. The van der Waals surface area contributed by atoms with Crippen LogP contribution in [0, 0.1) is 5.41 Å². The number of rotatable bonds is 3. The topological polar surface area (TPSA) is 18.5 Å². The lowest BCUT2D eigenvalue weighted by atomic mass is 9.92. The Morgan fingerprint density at radius 3 is 2.35 bits per heavy atom. The Hall–Kier alpha value is -0.120. The highest BCUT2D eigenvalue weighted by molar-refractivity contribution is 4.84. The summed E-state index contributed by atoms with van der Waals surface area (Å²) in [5.74, 6) is 0. The van der Waals surface area contributed by atoms with Crippen LogP contribution < -0.4 is 5.32 Å². The maximum absolute atomic E-state index is 3.47. The third kappa shape index (κ3) is 4.23. The number of hydrogen-bond acceptors (Lipinski definition) is 3. The van der Waals surface area contributed by atoms with Gasteiger partial charge >= 0.3 is 0 Å². The van der Waals surface area contributed by atoms with Gasteiger partial charge < -0.3 is 10.2 Å². The van der Waals surface area contributed by atoms with E-state index in [1.54, 1.807) is 0 Å². The Labute approximate surface area is 107 Å². The minimum absolute atomic E-state index is 0.479. The molecule has 0 bridgehead atoms. The molecule has 2 aliphatic rings. The van der Waals surface area contributed by atoms with Crippen LogP contribution in [-0.2, 0) is 0 Å². The largest absolute Gasteiger partial charge is 0.315 e. The fraction of sp³-hybridized carbons (Fsp3) is 1.00. The van der Waals surface area contributed by atoms with Crippen molar-refractivity contribution in [3.63, 3.8) is 0 Å². The summed E-state index contributed by atoms with van der Waals surface area (Å²) >= 11 is 0. The second-order valence-corrected chi connectivity index (χ2v) is 6.83. The molecular formula is C14H29N3. The number of nitrogens with zero attached hydrogens (tertiary/aromatic N) is 2. The molecule has 1 atom stereocenters. The molecule has 2 fully saturated rings. The van der Waals surface area contributed by atoms with Crippen molar-refractivity contribution in [3.05, 3.63) is 0 Å². The molecule has 0 aromatic rings. The van der Waals surface area contributed by atoms with E-state index in [0.29, 0.717) is 5.41 Å². The average molecular weight is 239 g/mol. The molecule has 0 spiro atoms. The molecule has 2 rings (SSSR count). The van der Waals surface area contributed by atoms with Crippen molar-refractivity contribution in [1.82, 2.24) is 15.1 Å². The standard InChI is InChI=1S/C14H29N3/c1-14(2,3)5-7-16-8-10-17(11-9-16)13-4-6-15-12-13/h13,15H,4-12H2,1-3H3. The fourth-order valence-electron chi connectivity index (χ4n) is 2.80. The van der Waals surface area contributed by atoms with E-state index < -0.39 is 0 Å². The minimum atomic E-state index is 0.479. The van der Waals surface area contributed by atoms with Gasteiger partial charge in [0.25, 0.3) is 0 Å². The molecule has 0 amide bonds. The quantitative estimate of drug-likeness (QED) is 0.803. The van der Waals surface area contributed by atoms with Gasteiger partial charge in [0.1, 0.15) is 0 Å². The summed E-state index contributed by atoms with van der Waals surface area (Å²) in [5, 5.41) is 3.47. The molecule has 0 aliphatic carbocycles. The summed E-state index contributed by atoms with van der Waals surface area (Å²) in [6.45, 7) is 15.8. The first-order chi connectivity index (χ1) is 8.04. The van der Waals surface area contributed by atoms with Gasteiger partial charge in [-0.15, -0.1) is 0 Å². The van der Waals surface area contributed by atoms with Crippen molar-refractivity contribution in [2.45, 2.75) is 39.7 Å². The lowest BCUT2D eigenvalue weighted by Gasteiger charge is -2.38. The van der Waals surface area contributed by atoms with Crippen LogP contribution in [0.3, 0.4) is 0 Å². The molecule has 3 heteroatoms. The van der Waals surface area contributed by atoms with E-state index in [1.165, 1.54) is 58.7 Å². The average Bonchev–Trinajstić information content (AvgIpc) is 2.79. The lowest BCUT2D eigenvalue weighted by molar-refractivity contribution is 0.0947. The van der Waals surface area contributed by atoms with Crippen molar-refractivity contribution in [2.75, 3.05) is 45.8 Å². The first-order valence-corrected chi connectivity index (χ1v) is 7.22. The van der Waals surface area contributed by atoms with Crippen LogP contribution in [0.25, 0.3) is 0 Å². The first-order valence-electron chi connectivity index (χ1n) is 7.22. The molecule has 17 heavy (non-hydrogen) atoms. The maximum atomic E-state index is 3.47. The second-order valence-electron chi connectivity index (χ2n) is 6.83. The van der Waals surface area contributed by atoms with Crippen LogP contribution in [-0.4, -0.2) is 61.7 Å². The van der Waals surface area contributed by atoms with Crippen molar-refractivity contribution < 1.29 is 0 Å². The zero-order valence-electron chi connectivity index (χ0n) is 11.8. The normalized spacial score (nSPS) is 28.8. The summed E-state index contributed by atoms with van der Waals surface area (Å²) in [6.07, 6.45) is 2.67. The zero-order valence-corrected chi connectivity index (χ0v) is 11.8. The molecule has 1 N–H and O–H groups in total. The molecule has 2 saturated heterocycles. The Bertz CT molecular complexity index is 220. The Morgan fingerprint density at radius 2 is 1.82 bits per heavy atom. The minimum Gasteiger partial charge on any atom is -0.315 e. The zero-order chi connectivity index (χ0) is 12.3. The van der Waals surface area contributed by atoms with E-state index in [0.717, 1.165) is 6.04 Å². The number of piperazine rings is 1. The highest BCUT2D eigenvalue weighted by Crippen LogP contribution is 2.20. The van der Waals surface area contributed by atoms with Gasteiger partial charge in [-0.3, -0.25) is 4.90 Å². The number of nitrogens with one attached hydrogen (secondary N) is 1. The molecule has 100 valence electrons.